The van der Waals surface area contributed by atoms with Gasteiger partial charge in [0.1, 0.15) is 0 Å². The molecule has 0 bridgehead atoms. The lowest BCUT2D eigenvalue weighted by molar-refractivity contribution is 0.247. The van der Waals surface area contributed by atoms with E-state index >= 15 is 0 Å². The van der Waals surface area contributed by atoms with E-state index in [0.717, 1.165) is 6.42 Å². The minimum absolute atomic E-state index is 0.0964. The monoisotopic (exact) mass is 260 g/mol. The SMILES string of the molecule is COc1cc(CO)cc(Cl)c1OCCCCO. The van der Waals surface area contributed by atoms with Gasteiger partial charge in [0.15, 0.2) is 11.5 Å². The van der Waals surface area contributed by atoms with Gasteiger partial charge in [0, 0.05) is 6.61 Å². The number of rotatable bonds is 7. The molecule has 0 aromatic heterocycles. The highest BCUT2D eigenvalue weighted by Gasteiger charge is 2.11. The molecule has 0 saturated carbocycles. The Bertz CT molecular complexity index is 355. The van der Waals surface area contributed by atoms with E-state index in [4.69, 9.17) is 31.3 Å². The molecule has 0 heterocycles. The number of benzene rings is 1. The summed E-state index contributed by atoms with van der Waals surface area (Å²) in [5, 5.41) is 18.1. The molecule has 2 N–H and O–H groups in total. The zero-order chi connectivity index (χ0) is 12.7. The molecule has 17 heavy (non-hydrogen) atoms. The smallest absolute Gasteiger partial charge is 0.179 e. The van der Waals surface area contributed by atoms with Gasteiger partial charge in [-0.1, -0.05) is 11.6 Å². The summed E-state index contributed by atoms with van der Waals surface area (Å²) in [7, 11) is 1.52. The molecule has 0 amide bonds. The molecule has 1 aromatic rings. The van der Waals surface area contributed by atoms with Gasteiger partial charge in [-0.2, -0.15) is 0 Å². The van der Waals surface area contributed by atoms with Crippen molar-refractivity contribution in [3.8, 4) is 11.5 Å². The molecule has 0 unspecified atom stereocenters. The maximum Gasteiger partial charge on any atom is 0.179 e. The Morgan fingerprint density at radius 2 is 2.00 bits per heavy atom. The van der Waals surface area contributed by atoms with Crippen molar-refractivity contribution in [3.05, 3.63) is 22.7 Å². The number of aliphatic hydroxyl groups is 2. The molecule has 0 aliphatic heterocycles. The van der Waals surface area contributed by atoms with E-state index in [-0.39, 0.29) is 13.2 Å². The number of halogens is 1. The molecule has 5 heteroatoms. The van der Waals surface area contributed by atoms with E-state index in [9.17, 15) is 0 Å². The van der Waals surface area contributed by atoms with E-state index in [1.54, 1.807) is 12.1 Å². The first kappa shape index (κ1) is 14.1. The number of aliphatic hydroxyl groups excluding tert-OH is 2. The Labute approximate surface area is 106 Å². The standard InChI is InChI=1S/C12H17ClO4/c1-16-11-7-9(8-15)6-10(13)12(11)17-5-3-2-4-14/h6-7,14-15H,2-5,8H2,1H3. The Kier molecular flexibility index (Phi) is 6.11. The van der Waals surface area contributed by atoms with Crippen LogP contribution in [-0.2, 0) is 6.61 Å². The van der Waals surface area contributed by atoms with Crippen LogP contribution in [0.3, 0.4) is 0 Å². The quantitative estimate of drug-likeness (QED) is 0.736. The highest BCUT2D eigenvalue weighted by molar-refractivity contribution is 6.32. The Morgan fingerprint density at radius 1 is 1.24 bits per heavy atom. The zero-order valence-electron chi connectivity index (χ0n) is 9.78. The predicted octanol–water partition coefficient (Wildman–Crippen LogP) is 1.99. The van der Waals surface area contributed by atoms with Gasteiger partial charge in [-0.25, -0.2) is 0 Å². The highest BCUT2D eigenvalue weighted by Crippen LogP contribution is 2.36. The number of hydrogen-bond acceptors (Lipinski definition) is 4. The van der Waals surface area contributed by atoms with Crippen LogP contribution in [0.25, 0.3) is 0 Å². The number of unbranched alkanes of at least 4 members (excludes halogenated alkanes) is 1. The first-order valence-electron chi connectivity index (χ1n) is 5.43. The van der Waals surface area contributed by atoms with E-state index in [0.29, 0.717) is 35.1 Å². The average Bonchev–Trinajstić information content (AvgIpc) is 2.35. The Balaban J connectivity index is 2.75. The summed E-state index contributed by atoms with van der Waals surface area (Å²) in [6.45, 7) is 0.521. The second kappa shape index (κ2) is 7.37. The molecule has 0 atom stereocenters. The summed E-state index contributed by atoms with van der Waals surface area (Å²) in [6, 6.07) is 3.33. The summed E-state index contributed by atoms with van der Waals surface area (Å²) in [5.41, 5.74) is 0.676. The van der Waals surface area contributed by atoms with Crippen LogP contribution >= 0.6 is 11.6 Å². The van der Waals surface area contributed by atoms with Gasteiger partial charge in [-0.05, 0) is 30.5 Å². The first-order valence-corrected chi connectivity index (χ1v) is 5.81. The fraction of sp³-hybridized carbons (Fsp3) is 0.500. The summed E-state index contributed by atoms with van der Waals surface area (Å²) in [4.78, 5) is 0. The van der Waals surface area contributed by atoms with Crippen molar-refractivity contribution in [2.45, 2.75) is 19.4 Å². The van der Waals surface area contributed by atoms with Gasteiger partial charge in [0.2, 0.25) is 0 Å². The van der Waals surface area contributed by atoms with Crippen molar-refractivity contribution in [2.24, 2.45) is 0 Å². The van der Waals surface area contributed by atoms with Gasteiger partial charge in [0.05, 0.1) is 25.3 Å². The van der Waals surface area contributed by atoms with Crippen LogP contribution in [0.5, 0.6) is 11.5 Å². The summed E-state index contributed by atoms with van der Waals surface area (Å²) < 4.78 is 10.7. The Hall–Kier alpha value is -0.970. The third kappa shape index (κ3) is 4.07. The van der Waals surface area contributed by atoms with Crippen LogP contribution in [0, 0.1) is 0 Å². The third-order valence-electron chi connectivity index (χ3n) is 2.27. The molecular formula is C12H17ClO4. The van der Waals surface area contributed by atoms with Crippen LogP contribution in [-0.4, -0.2) is 30.5 Å². The molecule has 96 valence electrons. The predicted molar refractivity (Wildman–Crippen MR) is 65.7 cm³/mol. The molecule has 0 saturated heterocycles. The van der Waals surface area contributed by atoms with Gasteiger partial charge in [-0.15, -0.1) is 0 Å². The van der Waals surface area contributed by atoms with Crippen LogP contribution < -0.4 is 9.47 Å². The normalized spacial score (nSPS) is 10.4. The molecule has 4 nitrogen and oxygen atoms in total. The number of methoxy groups -OCH3 is 1. The molecule has 1 aromatic carbocycles. The molecule has 0 aliphatic carbocycles. The molecule has 0 fully saturated rings. The van der Waals surface area contributed by atoms with E-state index in [2.05, 4.69) is 0 Å². The topological polar surface area (TPSA) is 58.9 Å². The highest BCUT2D eigenvalue weighted by atomic mass is 35.5. The largest absolute Gasteiger partial charge is 0.493 e. The molecule has 0 spiro atoms. The first-order chi connectivity index (χ1) is 8.22. The molecule has 0 radical (unpaired) electrons. The lowest BCUT2D eigenvalue weighted by Crippen LogP contribution is -2.01. The Morgan fingerprint density at radius 3 is 2.59 bits per heavy atom. The van der Waals surface area contributed by atoms with Crippen molar-refractivity contribution in [3.63, 3.8) is 0 Å². The fourth-order valence-corrected chi connectivity index (χ4v) is 1.68. The minimum atomic E-state index is -0.0964. The van der Waals surface area contributed by atoms with Crippen molar-refractivity contribution >= 4 is 11.6 Å². The van der Waals surface area contributed by atoms with E-state index < -0.39 is 0 Å². The second-order valence-electron chi connectivity index (χ2n) is 3.55. The fourth-order valence-electron chi connectivity index (χ4n) is 1.39. The molecule has 0 aliphatic rings. The maximum atomic E-state index is 9.04. The van der Waals surface area contributed by atoms with Crippen LogP contribution in [0.1, 0.15) is 18.4 Å². The minimum Gasteiger partial charge on any atom is -0.493 e. The van der Waals surface area contributed by atoms with Crippen molar-refractivity contribution < 1.29 is 19.7 Å². The molecule has 1 rings (SSSR count). The maximum absolute atomic E-state index is 9.04. The van der Waals surface area contributed by atoms with Gasteiger partial charge in [0.25, 0.3) is 0 Å². The van der Waals surface area contributed by atoms with Crippen molar-refractivity contribution in [2.75, 3.05) is 20.3 Å². The number of hydrogen-bond donors (Lipinski definition) is 2. The van der Waals surface area contributed by atoms with E-state index in [1.807, 2.05) is 0 Å². The van der Waals surface area contributed by atoms with Crippen molar-refractivity contribution in [1.29, 1.82) is 0 Å². The lowest BCUT2D eigenvalue weighted by atomic mass is 10.2. The van der Waals surface area contributed by atoms with Crippen LogP contribution in [0.15, 0.2) is 12.1 Å². The van der Waals surface area contributed by atoms with Gasteiger partial charge < -0.3 is 19.7 Å². The lowest BCUT2D eigenvalue weighted by Gasteiger charge is -2.13. The second-order valence-corrected chi connectivity index (χ2v) is 3.95. The zero-order valence-corrected chi connectivity index (χ0v) is 10.5. The summed E-state index contributed by atoms with van der Waals surface area (Å²) in [6.07, 6.45) is 1.44. The van der Waals surface area contributed by atoms with Gasteiger partial charge in [-0.3, -0.25) is 0 Å². The van der Waals surface area contributed by atoms with Gasteiger partial charge >= 0.3 is 0 Å². The third-order valence-corrected chi connectivity index (χ3v) is 2.55. The summed E-state index contributed by atoms with van der Waals surface area (Å²) >= 11 is 6.04. The van der Waals surface area contributed by atoms with Crippen LogP contribution in [0.4, 0.5) is 0 Å². The van der Waals surface area contributed by atoms with E-state index in [1.165, 1.54) is 7.11 Å². The summed E-state index contributed by atoms with van der Waals surface area (Å²) in [5.74, 6) is 0.981. The van der Waals surface area contributed by atoms with Crippen LogP contribution in [0.2, 0.25) is 5.02 Å². The van der Waals surface area contributed by atoms with Crippen molar-refractivity contribution in [1.82, 2.24) is 0 Å². The number of ether oxygens (including phenoxy) is 2. The molecular weight excluding hydrogens is 244 g/mol. The average molecular weight is 261 g/mol.